The predicted octanol–water partition coefficient (Wildman–Crippen LogP) is 2.76. The second-order valence-electron chi connectivity index (χ2n) is 6.56. The summed E-state index contributed by atoms with van der Waals surface area (Å²) in [7, 11) is -3.40. The molecule has 2 aromatic carbocycles. The quantitative estimate of drug-likeness (QED) is 0.709. The van der Waals surface area contributed by atoms with Crippen molar-refractivity contribution in [3.05, 3.63) is 71.3 Å². The van der Waals surface area contributed by atoms with Gasteiger partial charge in [-0.2, -0.15) is 0 Å². The Bertz CT molecular complexity index is 818. The normalized spacial score (nSPS) is 11.5. The first-order valence-electron chi connectivity index (χ1n) is 8.73. The molecular formula is C20H26N2O3S. The molecule has 2 aromatic rings. The number of aryl methyl sites for hydroxylation is 1. The standard InChI is InChI=1S/C20H26N2O3S/c1-16(2)22-26(24,25)15-19-11-7-6-10-18(19)14-21-20(23)13-12-17-8-4-3-5-9-17/h3-11,16,22H,12-15H2,1-2H3,(H,21,23). The number of sulfonamides is 1. The van der Waals surface area contributed by atoms with Crippen LogP contribution in [0.1, 0.15) is 37.0 Å². The summed E-state index contributed by atoms with van der Waals surface area (Å²) < 4.78 is 26.9. The van der Waals surface area contributed by atoms with E-state index in [2.05, 4.69) is 10.0 Å². The van der Waals surface area contributed by atoms with Gasteiger partial charge < -0.3 is 5.32 Å². The van der Waals surface area contributed by atoms with Gasteiger partial charge in [0.25, 0.3) is 0 Å². The summed E-state index contributed by atoms with van der Waals surface area (Å²) in [5, 5.41) is 2.88. The number of carbonyl (C=O) groups is 1. The van der Waals surface area contributed by atoms with Crippen LogP contribution in [-0.2, 0) is 33.5 Å². The van der Waals surface area contributed by atoms with E-state index < -0.39 is 10.0 Å². The van der Waals surface area contributed by atoms with Crippen molar-refractivity contribution in [2.75, 3.05) is 0 Å². The second-order valence-corrected chi connectivity index (χ2v) is 8.32. The lowest BCUT2D eigenvalue weighted by molar-refractivity contribution is -0.121. The highest BCUT2D eigenvalue weighted by Crippen LogP contribution is 2.13. The molecule has 0 unspecified atom stereocenters. The number of carbonyl (C=O) groups excluding carboxylic acids is 1. The number of nitrogens with one attached hydrogen (secondary N) is 2. The zero-order valence-electron chi connectivity index (χ0n) is 15.2. The molecule has 0 fully saturated rings. The van der Waals surface area contributed by atoms with Crippen molar-refractivity contribution >= 4 is 15.9 Å². The molecule has 0 radical (unpaired) electrons. The highest BCUT2D eigenvalue weighted by molar-refractivity contribution is 7.88. The van der Waals surface area contributed by atoms with Crippen LogP contribution in [0.25, 0.3) is 0 Å². The zero-order chi connectivity index (χ0) is 19.0. The van der Waals surface area contributed by atoms with E-state index in [4.69, 9.17) is 0 Å². The van der Waals surface area contributed by atoms with Crippen LogP contribution < -0.4 is 10.0 Å². The molecular weight excluding hydrogens is 348 g/mol. The molecule has 0 aliphatic heterocycles. The van der Waals surface area contributed by atoms with Gasteiger partial charge in [-0.05, 0) is 37.0 Å². The maximum absolute atomic E-state index is 12.2. The zero-order valence-corrected chi connectivity index (χ0v) is 16.1. The van der Waals surface area contributed by atoms with E-state index in [1.165, 1.54) is 0 Å². The third-order valence-electron chi connectivity index (χ3n) is 3.84. The molecule has 0 aromatic heterocycles. The van der Waals surface area contributed by atoms with Gasteiger partial charge in [0.15, 0.2) is 0 Å². The Morgan fingerprint density at radius 2 is 1.58 bits per heavy atom. The Balaban J connectivity index is 1.92. The molecule has 0 saturated heterocycles. The van der Waals surface area contributed by atoms with Crippen molar-refractivity contribution in [3.8, 4) is 0 Å². The van der Waals surface area contributed by atoms with Gasteiger partial charge in [0.2, 0.25) is 15.9 Å². The van der Waals surface area contributed by atoms with Gasteiger partial charge in [-0.15, -0.1) is 0 Å². The summed E-state index contributed by atoms with van der Waals surface area (Å²) in [5.74, 6) is -0.145. The minimum atomic E-state index is -3.40. The summed E-state index contributed by atoms with van der Waals surface area (Å²) >= 11 is 0. The summed E-state index contributed by atoms with van der Waals surface area (Å²) in [6.07, 6.45) is 1.08. The van der Waals surface area contributed by atoms with Crippen LogP contribution in [0.4, 0.5) is 0 Å². The van der Waals surface area contributed by atoms with Crippen LogP contribution in [0.15, 0.2) is 54.6 Å². The average molecular weight is 375 g/mol. The van der Waals surface area contributed by atoms with Crippen molar-refractivity contribution in [1.82, 2.24) is 10.0 Å². The van der Waals surface area contributed by atoms with E-state index in [0.717, 1.165) is 11.1 Å². The first kappa shape index (κ1) is 20.1. The van der Waals surface area contributed by atoms with Crippen molar-refractivity contribution < 1.29 is 13.2 Å². The first-order chi connectivity index (χ1) is 12.4. The first-order valence-corrected chi connectivity index (χ1v) is 10.4. The average Bonchev–Trinajstić information content (AvgIpc) is 2.58. The lowest BCUT2D eigenvalue weighted by Gasteiger charge is -2.13. The minimum Gasteiger partial charge on any atom is -0.352 e. The lowest BCUT2D eigenvalue weighted by atomic mass is 10.1. The molecule has 5 nitrogen and oxygen atoms in total. The number of hydrogen-bond acceptors (Lipinski definition) is 3. The van der Waals surface area contributed by atoms with Gasteiger partial charge in [-0.1, -0.05) is 54.6 Å². The SMILES string of the molecule is CC(C)NS(=O)(=O)Cc1ccccc1CNC(=O)CCc1ccccc1. The van der Waals surface area contributed by atoms with Crippen LogP contribution in [0, 0.1) is 0 Å². The highest BCUT2D eigenvalue weighted by atomic mass is 32.2. The van der Waals surface area contributed by atoms with Gasteiger partial charge >= 0.3 is 0 Å². The van der Waals surface area contributed by atoms with Gasteiger partial charge in [-0.3, -0.25) is 4.79 Å². The van der Waals surface area contributed by atoms with Crippen LogP contribution in [0.5, 0.6) is 0 Å². The molecule has 0 saturated carbocycles. The Kier molecular flexibility index (Phi) is 7.36. The molecule has 6 heteroatoms. The monoisotopic (exact) mass is 374 g/mol. The maximum atomic E-state index is 12.2. The van der Waals surface area contributed by atoms with Gasteiger partial charge in [-0.25, -0.2) is 13.1 Å². The van der Waals surface area contributed by atoms with Gasteiger partial charge in [0, 0.05) is 19.0 Å². The van der Waals surface area contributed by atoms with Crippen molar-refractivity contribution in [2.24, 2.45) is 0 Å². The molecule has 140 valence electrons. The molecule has 26 heavy (non-hydrogen) atoms. The smallest absolute Gasteiger partial charge is 0.220 e. The lowest BCUT2D eigenvalue weighted by Crippen LogP contribution is -2.32. The second kappa shape index (κ2) is 9.50. The summed E-state index contributed by atoms with van der Waals surface area (Å²) in [6.45, 7) is 3.90. The van der Waals surface area contributed by atoms with E-state index in [1.807, 2.05) is 42.5 Å². The largest absolute Gasteiger partial charge is 0.352 e. The molecule has 0 aliphatic carbocycles. The third kappa shape index (κ3) is 6.98. The fourth-order valence-corrected chi connectivity index (χ4v) is 4.15. The summed E-state index contributed by atoms with van der Waals surface area (Å²) in [6, 6.07) is 17.0. The Hall–Kier alpha value is -2.18. The van der Waals surface area contributed by atoms with Gasteiger partial charge in [0.1, 0.15) is 0 Å². The van der Waals surface area contributed by atoms with E-state index >= 15 is 0 Å². The molecule has 2 rings (SSSR count). The topological polar surface area (TPSA) is 75.3 Å². The molecule has 0 heterocycles. The van der Waals surface area contributed by atoms with Crippen molar-refractivity contribution in [2.45, 2.75) is 45.0 Å². The fraction of sp³-hybridized carbons (Fsp3) is 0.350. The Labute approximate surface area is 155 Å². The van der Waals surface area contributed by atoms with Crippen LogP contribution >= 0.6 is 0 Å². The summed E-state index contributed by atoms with van der Waals surface area (Å²) in [4.78, 5) is 12.1. The predicted molar refractivity (Wildman–Crippen MR) is 104 cm³/mol. The molecule has 1 amide bonds. The van der Waals surface area contributed by atoms with Crippen LogP contribution in [0.2, 0.25) is 0 Å². The van der Waals surface area contributed by atoms with E-state index in [1.54, 1.807) is 26.0 Å². The third-order valence-corrected chi connectivity index (χ3v) is 5.36. The Morgan fingerprint density at radius 3 is 2.23 bits per heavy atom. The summed E-state index contributed by atoms with van der Waals surface area (Å²) in [5.41, 5.74) is 2.63. The van der Waals surface area contributed by atoms with Gasteiger partial charge in [0.05, 0.1) is 5.75 Å². The van der Waals surface area contributed by atoms with Crippen molar-refractivity contribution in [1.29, 1.82) is 0 Å². The molecule has 2 N–H and O–H groups in total. The van der Waals surface area contributed by atoms with Crippen molar-refractivity contribution in [3.63, 3.8) is 0 Å². The molecule has 0 spiro atoms. The molecule has 0 atom stereocenters. The maximum Gasteiger partial charge on any atom is 0.220 e. The number of hydrogen-bond donors (Lipinski definition) is 2. The van der Waals surface area contributed by atoms with E-state index in [9.17, 15) is 13.2 Å². The van der Waals surface area contributed by atoms with E-state index in [0.29, 0.717) is 24.9 Å². The number of rotatable bonds is 9. The molecule has 0 bridgehead atoms. The van der Waals surface area contributed by atoms with Crippen LogP contribution in [-0.4, -0.2) is 20.4 Å². The highest BCUT2D eigenvalue weighted by Gasteiger charge is 2.15. The van der Waals surface area contributed by atoms with E-state index in [-0.39, 0.29) is 17.7 Å². The fourth-order valence-electron chi connectivity index (χ4n) is 2.66. The Morgan fingerprint density at radius 1 is 0.962 bits per heavy atom. The number of amides is 1. The minimum absolute atomic E-state index is 0.0492. The van der Waals surface area contributed by atoms with Crippen LogP contribution in [0.3, 0.4) is 0 Å². The number of benzene rings is 2. The molecule has 0 aliphatic rings.